The average molecular weight is 290 g/mol. The summed E-state index contributed by atoms with van der Waals surface area (Å²) in [6.07, 6.45) is 2.20. The molecule has 0 spiro atoms. The Morgan fingerprint density at radius 3 is 2.45 bits per heavy atom. The molecule has 1 aromatic carbocycles. The van der Waals surface area contributed by atoms with Crippen LogP contribution in [-0.4, -0.2) is 16.9 Å². The number of carbonyl (C=O) groups excluding carboxylic acids is 1. The van der Waals surface area contributed by atoms with Crippen LogP contribution in [-0.2, 0) is 4.79 Å². The minimum atomic E-state index is -0.533. The summed E-state index contributed by atoms with van der Waals surface area (Å²) < 4.78 is 0. The van der Waals surface area contributed by atoms with E-state index in [1.54, 1.807) is 0 Å². The summed E-state index contributed by atoms with van der Waals surface area (Å²) in [5, 5.41) is 3.13. The summed E-state index contributed by atoms with van der Waals surface area (Å²) in [4.78, 5) is 12.7. The van der Waals surface area contributed by atoms with Gasteiger partial charge in [0.15, 0.2) is 0 Å². The van der Waals surface area contributed by atoms with Crippen LogP contribution in [0.4, 0.5) is 0 Å². The van der Waals surface area contributed by atoms with Crippen molar-refractivity contribution in [2.24, 2.45) is 17.6 Å². The molecule has 20 heavy (non-hydrogen) atoms. The zero-order chi connectivity index (χ0) is 14.7. The molecule has 4 atom stereocenters. The second-order valence-corrected chi connectivity index (χ2v) is 6.25. The fraction of sp³-hybridized carbons (Fsp3) is 0.500. The van der Waals surface area contributed by atoms with Gasteiger partial charge in [0.1, 0.15) is 5.92 Å². The molecule has 1 amide bonds. The zero-order valence-corrected chi connectivity index (χ0v) is 12.8. The molecule has 3 N–H and O–H groups in total. The highest BCUT2D eigenvalue weighted by molar-refractivity contribution is 7.80. The Hall–Kier alpha value is -1.42. The van der Waals surface area contributed by atoms with E-state index in [0.29, 0.717) is 11.8 Å². The van der Waals surface area contributed by atoms with E-state index < -0.39 is 5.92 Å². The first-order valence-electron chi connectivity index (χ1n) is 7.15. The fourth-order valence-electron chi connectivity index (χ4n) is 2.92. The number of hydrogen-bond acceptors (Lipinski definition) is 2. The maximum absolute atomic E-state index is 12.5. The highest BCUT2D eigenvalue weighted by atomic mass is 32.1. The van der Waals surface area contributed by atoms with Crippen LogP contribution in [0.2, 0.25) is 0 Å². The van der Waals surface area contributed by atoms with Gasteiger partial charge in [0.2, 0.25) is 5.91 Å². The van der Waals surface area contributed by atoms with Gasteiger partial charge in [-0.3, -0.25) is 4.79 Å². The van der Waals surface area contributed by atoms with Crippen molar-refractivity contribution in [2.45, 2.75) is 38.6 Å². The smallest absolute Gasteiger partial charge is 0.234 e. The van der Waals surface area contributed by atoms with Crippen LogP contribution in [0, 0.1) is 11.8 Å². The SMILES string of the molecule is CC1CCC(NC(=O)C(C(N)=S)c2ccccc2)C1C. The van der Waals surface area contributed by atoms with Crippen LogP contribution in [0.1, 0.15) is 38.2 Å². The normalized spacial score (nSPS) is 27.0. The third kappa shape index (κ3) is 3.18. The van der Waals surface area contributed by atoms with Crippen molar-refractivity contribution in [1.82, 2.24) is 5.32 Å². The Balaban J connectivity index is 2.11. The van der Waals surface area contributed by atoms with Crippen molar-refractivity contribution >= 4 is 23.1 Å². The summed E-state index contributed by atoms with van der Waals surface area (Å²) in [6.45, 7) is 4.43. The van der Waals surface area contributed by atoms with Crippen molar-refractivity contribution in [3.8, 4) is 0 Å². The van der Waals surface area contributed by atoms with Crippen LogP contribution >= 0.6 is 12.2 Å². The highest BCUT2D eigenvalue weighted by Gasteiger charge is 2.33. The average Bonchev–Trinajstić information content (AvgIpc) is 2.72. The number of benzene rings is 1. The van der Waals surface area contributed by atoms with Crippen LogP contribution in [0.3, 0.4) is 0 Å². The van der Waals surface area contributed by atoms with Gasteiger partial charge in [-0.15, -0.1) is 0 Å². The molecule has 0 saturated heterocycles. The predicted octanol–water partition coefficient (Wildman–Crippen LogP) is 2.61. The number of amides is 1. The number of carbonyl (C=O) groups is 1. The lowest BCUT2D eigenvalue weighted by molar-refractivity contribution is -0.122. The standard InChI is InChI=1S/C16H22N2OS/c1-10-8-9-13(11(10)2)18-16(19)14(15(17)20)12-6-4-3-5-7-12/h3-7,10-11,13-14H,8-9H2,1-2H3,(H2,17,20)(H,18,19). The van der Waals surface area contributed by atoms with Crippen LogP contribution in [0.25, 0.3) is 0 Å². The molecule has 108 valence electrons. The maximum atomic E-state index is 12.5. The minimum absolute atomic E-state index is 0.0744. The molecule has 4 heteroatoms. The van der Waals surface area contributed by atoms with Gasteiger partial charge in [0, 0.05) is 6.04 Å². The largest absolute Gasteiger partial charge is 0.392 e. The summed E-state index contributed by atoms with van der Waals surface area (Å²) >= 11 is 5.09. The van der Waals surface area contributed by atoms with Gasteiger partial charge in [-0.1, -0.05) is 56.4 Å². The molecule has 1 aromatic rings. The van der Waals surface area contributed by atoms with Crippen molar-refractivity contribution in [1.29, 1.82) is 0 Å². The van der Waals surface area contributed by atoms with Gasteiger partial charge in [0.25, 0.3) is 0 Å². The molecule has 1 fully saturated rings. The molecule has 0 aromatic heterocycles. The lowest BCUT2D eigenvalue weighted by Gasteiger charge is -2.23. The van der Waals surface area contributed by atoms with Gasteiger partial charge >= 0.3 is 0 Å². The number of hydrogen-bond donors (Lipinski definition) is 2. The van der Waals surface area contributed by atoms with E-state index in [1.165, 1.54) is 0 Å². The van der Waals surface area contributed by atoms with E-state index in [1.807, 2.05) is 30.3 Å². The Morgan fingerprint density at radius 1 is 1.30 bits per heavy atom. The summed E-state index contributed by atoms with van der Waals surface area (Å²) in [5.74, 6) is 0.547. The fourth-order valence-corrected chi connectivity index (χ4v) is 3.17. The molecule has 0 aliphatic heterocycles. The van der Waals surface area contributed by atoms with E-state index in [4.69, 9.17) is 18.0 Å². The first-order chi connectivity index (χ1) is 9.50. The van der Waals surface area contributed by atoms with Gasteiger partial charge in [-0.25, -0.2) is 0 Å². The van der Waals surface area contributed by atoms with Crippen molar-refractivity contribution < 1.29 is 4.79 Å². The summed E-state index contributed by atoms with van der Waals surface area (Å²) in [7, 11) is 0. The van der Waals surface area contributed by atoms with E-state index in [0.717, 1.165) is 18.4 Å². The number of nitrogens with two attached hydrogens (primary N) is 1. The molecular weight excluding hydrogens is 268 g/mol. The molecular formula is C16H22N2OS. The second-order valence-electron chi connectivity index (χ2n) is 5.77. The maximum Gasteiger partial charge on any atom is 0.234 e. The van der Waals surface area contributed by atoms with E-state index in [-0.39, 0.29) is 16.9 Å². The molecule has 4 unspecified atom stereocenters. The molecule has 1 aliphatic carbocycles. The number of thiocarbonyl (C=S) groups is 1. The third-order valence-corrected chi connectivity index (χ3v) is 4.71. The minimum Gasteiger partial charge on any atom is -0.392 e. The van der Waals surface area contributed by atoms with Gasteiger partial charge in [-0.05, 0) is 30.2 Å². The first kappa shape index (κ1) is 15.0. The molecule has 1 saturated carbocycles. The van der Waals surface area contributed by atoms with Crippen molar-refractivity contribution in [2.75, 3.05) is 0 Å². The van der Waals surface area contributed by atoms with Crippen LogP contribution < -0.4 is 11.1 Å². The molecule has 0 radical (unpaired) electrons. The monoisotopic (exact) mass is 290 g/mol. The number of rotatable bonds is 4. The first-order valence-corrected chi connectivity index (χ1v) is 7.56. The van der Waals surface area contributed by atoms with Crippen LogP contribution in [0.5, 0.6) is 0 Å². The van der Waals surface area contributed by atoms with E-state index in [9.17, 15) is 4.79 Å². The zero-order valence-electron chi connectivity index (χ0n) is 12.0. The van der Waals surface area contributed by atoms with E-state index in [2.05, 4.69) is 19.2 Å². The Bertz CT molecular complexity index is 489. The number of nitrogens with one attached hydrogen (secondary N) is 1. The molecule has 0 bridgehead atoms. The molecule has 1 aliphatic rings. The van der Waals surface area contributed by atoms with Crippen molar-refractivity contribution in [3.63, 3.8) is 0 Å². The molecule has 3 nitrogen and oxygen atoms in total. The lowest BCUT2D eigenvalue weighted by Crippen LogP contribution is -2.43. The Kier molecular flexibility index (Phi) is 4.76. The van der Waals surface area contributed by atoms with Gasteiger partial charge in [0.05, 0.1) is 4.99 Å². The highest BCUT2D eigenvalue weighted by Crippen LogP contribution is 2.31. The Labute approximate surface area is 125 Å². The quantitative estimate of drug-likeness (QED) is 0.838. The molecule has 0 heterocycles. The summed E-state index contributed by atoms with van der Waals surface area (Å²) in [5.41, 5.74) is 6.63. The van der Waals surface area contributed by atoms with Crippen LogP contribution in [0.15, 0.2) is 30.3 Å². The topological polar surface area (TPSA) is 55.1 Å². The Morgan fingerprint density at radius 2 is 1.95 bits per heavy atom. The second kappa shape index (κ2) is 6.35. The third-order valence-electron chi connectivity index (χ3n) is 4.47. The predicted molar refractivity (Wildman–Crippen MR) is 85.5 cm³/mol. The lowest BCUT2D eigenvalue weighted by atomic mass is 9.95. The summed E-state index contributed by atoms with van der Waals surface area (Å²) in [6, 6.07) is 9.73. The van der Waals surface area contributed by atoms with Crippen molar-refractivity contribution in [3.05, 3.63) is 35.9 Å². The van der Waals surface area contributed by atoms with Gasteiger partial charge < -0.3 is 11.1 Å². The van der Waals surface area contributed by atoms with E-state index >= 15 is 0 Å². The van der Waals surface area contributed by atoms with Gasteiger partial charge in [-0.2, -0.15) is 0 Å². The molecule has 2 rings (SSSR count).